The van der Waals surface area contributed by atoms with E-state index in [0.717, 1.165) is 42.0 Å². The van der Waals surface area contributed by atoms with E-state index < -0.39 is 0 Å². The van der Waals surface area contributed by atoms with Crippen LogP contribution in [-0.2, 0) is 0 Å². The molecule has 2 atom stereocenters. The molecule has 37 heavy (non-hydrogen) atoms. The summed E-state index contributed by atoms with van der Waals surface area (Å²) in [5, 5.41) is 10.4. The predicted octanol–water partition coefficient (Wildman–Crippen LogP) is 3.03. The molecule has 10 nitrogen and oxygen atoms in total. The maximum Gasteiger partial charge on any atom is 0.272 e. The smallest absolute Gasteiger partial charge is 0.272 e. The molecular formula is C27H27N9O. The molecular weight excluding hydrogens is 466 g/mol. The van der Waals surface area contributed by atoms with Gasteiger partial charge in [0.15, 0.2) is 5.65 Å². The fourth-order valence-corrected chi connectivity index (χ4v) is 5.18. The Labute approximate surface area is 214 Å². The van der Waals surface area contributed by atoms with Crippen LogP contribution in [0.3, 0.4) is 0 Å². The average molecular weight is 494 g/mol. The highest BCUT2D eigenvalue weighted by molar-refractivity contribution is 6.01. The summed E-state index contributed by atoms with van der Waals surface area (Å²) in [5.41, 5.74) is 2.82. The molecule has 0 N–H and O–H groups in total. The molecule has 6 heterocycles. The van der Waals surface area contributed by atoms with Crippen molar-refractivity contribution in [2.45, 2.75) is 32.4 Å². The van der Waals surface area contributed by atoms with E-state index in [1.165, 1.54) is 0 Å². The van der Waals surface area contributed by atoms with Gasteiger partial charge in [-0.2, -0.15) is 5.26 Å². The lowest BCUT2D eigenvalue weighted by atomic mass is 10.1. The lowest BCUT2D eigenvalue weighted by Gasteiger charge is -2.45. The average Bonchev–Trinajstić information content (AvgIpc) is 3.28. The third-order valence-corrected chi connectivity index (χ3v) is 7.26. The van der Waals surface area contributed by atoms with Crippen LogP contribution < -0.4 is 9.80 Å². The number of aromatic nitrogens is 5. The zero-order chi connectivity index (χ0) is 25.5. The van der Waals surface area contributed by atoms with Crippen LogP contribution in [0.5, 0.6) is 0 Å². The molecule has 4 aromatic rings. The Balaban J connectivity index is 1.40. The summed E-state index contributed by atoms with van der Waals surface area (Å²) in [5.74, 6) is 1.45. The van der Waals surface area contributed by atoms with Crippen LogP contribution in [0.1, 0.15) is 36.3 Å². The second-order valence-electron chi connectivity index (χ2n) is 9.66. The number of pyridine rings is 2. The fourth-order valence-electron chi connectivity index (χ4n) is 5.18. The molecule has 0 unspecified atom stereocenters. The van der Waals surface area contributed by atoms with E-state index in [1.54, 1.807) is 36.9 Å². The highest BCUT2D eigenvalue weighted by atomic mass is 16.2. The molecule has 4 aromatic heterocycles. The third-order valence-electron chi connectivity index (χ3n) is 7.26. The maximum absolute atomic E-state index is 13.2. The Morgan fingerprint density at radius 1 is 1.03 bits per heavy atom. The quantitative estimate of drug-likeness (QED) is 0.427. The van der Waals surface area contributed by atoms with Gasteiger partial charge in [0.1, 0.15) is 23.7 Å². The first-order chi connectivity index (χ1) is 18.0. The number of piperazine rings is 1. The molecule has 1 amide bonds. The molecule has 0 aliphatic carbocycles. The van der Waals surface area contributed by atoms with Gasteiger partial charge in [0.05, 0.1) is 22.7 Å². The number of nitrogens with zero attached hydrogens (tertiary/aromatic N) is 9. The Morgan fingerprint density at radius 2 is 1.89 bits per heavy atom. The summed E-state index contributed by atoms with van der Waals surface area (Å²) < 4.78 is 1.95. The van der Waals surface area contributed by atoms with E-state index in [0.29, 0.717) is 30.2 Å². The minimum absolute atomic E-state index is 0.0285. The summed E-state index contributed by atoms with van der Waals surface area (Å²) in [6.07, 6.45) is 8.08. The van der Waals surface area contributed by atoms with Crippen molar-refractivity contribution in [3.05, 3.63) is 66.5 Å². The number of rotatable bonds is 4. The van der Waals surface area contributed by atoms with Crippen molar-refractivity contribution in [1.29, 1.82) is 5.26 Å². The molecule has 0 bridgehead atoms. The van der Waals surface area contributed by atoms with Crippen molar-refractivity contribution >= 4 is 28.4 Å². The number of hydrogen-bond donors (Lipinski definition) is 0. The van der Waals surface area contributed by atoms with Crippen molar-refractivity contribution in [2.75, 3.05) is 36.0 Å². The van der Waals surface area contributed by atoms with E-state index in [1.807, 2.05) is 21.6 Å². The molecule has 6 rings (SSSR count). The first kappa shape index (κ1) is 22.9. The molecule has 2 saturated heterocycles. The van der Waals surface area contributed by atoms with E-state index in [-0.39, 0.29) is 18.0 Å². The van der Waals surface area contributed by atoms with Gasteiger partial charge in [0.2, 0.25) is 0 Å². The Bertz CT molecular complexity index is 1510. The van der Waals surface area contributed by atoms with Crippen molar-refractivity contribution in [3.8, 4) is 11.9 Å². The predicted molar refractivity (Wildman–Crippen MR) is 140 cm³/mol. The van der Waals surface area contributed by atoms with Gasteiger partial charge in [0.25, 0.3) is 5.91 Å². The van der Waals surface area contributed by atoms with Crippen molar-refractivity contribution in [1.82, 2.24) is 29.4 Å². The minimum Gasteiger partial charge on any atom is -0.369 e. The second kappa shape index (κ2) is 9.17. The zero-order valence-electron chi connectivity index (χ0n) is 20.8. The summed E-state index contributed by atoms with van der Waals surface area (Å²) >= 11 is 0. The maximum atomic E-state index is 13.2. The van der Waals surface area contributed by atoms with Gasteiger partial charge in [-0.1, -0.05) is 6.07 Å². The van der Waals surface area contributed by atoms with Crippen LogP contribution in [0, 0.1) is 11.3 Å². The molecule has 0 spiro atoms. The number of amides is 1. The largest absolute Gasteiger partial charge is 0.369 e. The summed E-state index contributed by atoms with van der Waals surface area (Å²) in [4.78, 5) is 37.9. The SMILES string of the molecule is C[C@@H]1CN(c2ncnc3c2c(N2CCC2)cn3-c2cc(C#N)ccn2)[C@@H](C)CN1C(=O)c1ccccn1. The van der Waals surface area contributed by atoms with E-state index >= 15 is 0 Å². The van der Waals surface area contributed by atoms with Crippen LogP contribution in [0.25, 0.3) is 16.9 Å². The fraction of sp³-hybridized carbons (Fsp3) is 0.333. The number of fused-ring (bicyclic) bond motifs is 1. The molecule has 0 radical (unpaired) electrons. The number of carbonyl (C=O) groups excluding carboxylic acids is 1. The summed E-state index contributed by atoms with van der Waals surface area (Å²) in [6, 6.07) is 11.1. The number of carbonyl (C=O) groups is 1. The van der Waals surface area contributed by atoms with Crippen LogP contribution in [0.15, 0.2) is 55.2 Å². The van der Waals surface area contributed by atoms with Crippen molar-refractivity contribution in [2.24, 2.45) is 0 Å². The van der Waals surface area contributed by atoms with Gasteiger partial charge < -0.3 is 14.7 Å². The Hall–Kier alpha value is -4.52. The third kappa shape index (κ3) is 3.93. The minimum atomic E-state index is -0.0525. The van der Waals surface area contributed by atoms with Gasteiger partial charge in [-0.3, -0.25) is 14.3 Å². The van der Waals surface area contributed by atoms with Crippen LogP contribution in [0.4, 0.5) is 11.5 Å². The van der Waals surface area contributed by atoms with Gasteiger partial charge in [0, 0.05) is 56.9 Å². The molecule has 186 valence electrons. The number of hydrogen-bond acceptors (Lipinski definition) is 8. The monoisotopic (exact) mass is 493 g/mol. The number of anilines is 2. The standard InChI is InChI=1S/C27H27N9O/c1-18-15-35(27(37)21-6-3-4-8-29-21)19(2)14-34(18)25-24-22(33-10-5-11-33)16-36(26(24)32-17-31-25)23-12-20(13-28)7-9-30-23/h3-4,6-9,12,16-19H,5,10-11,14-15H2,1-2H3/t18-,19+/m0/s1. The zero-order valence-corrected chi connectivity index (χ0v) is 20.8. The molecule has 0 saturated carbocycles. The first-order valence-corrected chi connectivity index (χ1v) is 12.5. The lowest BCUT2D eigenvalue weighted by Crippen LogP contribution is -2.58. The molecule has 0 aromatic carbocycles. The summed E-state index contributed by atoms with van der Waals surface area (Å²) in [7, 11) is 0. The van der Waals surface area contributed by atoms with Gasteiger partial charge in [-0.15, -0.1) is 0 Å². The van der Waals surface area contributed by atoms with Crippen molar-refractivity contribution < 1.29 is 4.79 Å². The van der Waals surface area contributed by atoms with E-state index in [9.17, 15) is 10.1 Å². The molecule has 2 aliphatic rings. The lowest BCUT2D eigenvalue weighted by molar-refractivity contribution is 0.0638. The van der Waals surface area contributed by atoms with Crippen molar-refractivity contribution in [3.63, 3.8) is 0 Å². The van der Waals surface area contributed by atoms with Crippen LogP contribution in [-0.4, -0.2) is 73.6 Å². The highest BCUT2D eigenvalue weighted by Gasteiger charge is 2.35. The Morgan fingerprint density at radius 3 is 2.62 bits per heavy atom. The topological polar surface area (TPSA) is 107 Å². The molecule has 10 heteroatoms. The van der Waals surface area contributed by atoms with Gasteiger partial charge >= 0.3 is 0 Å². The van der Waals surface area contributed by atoms with Crippen LogP contribution >= 0.6 is 0 Å². The first-order valence-electron chi connectivity index (χ1n) is 12.5. The number of nitriles is 1. The second-order valence-corrected chi connectivity index (χ2v) is 9.66. The Kier molecular flexibility index (Phi) is 5.68. The van der Waals surface area contributed by atoms with Crippen LogP contribution in [0.2, 0.25) is 0 Å². The summed E-state index contributed by atoms with van der Waals surface area (Å²) in [6.45, 7) is 7.33. The van der Waals surface area contributed by atoms with Gasteiger partial charge in [-0.25, -0.2) is 15.0 Å². The van der Waals surface area contributed by atoms with E-state index in [2.05, 4.69) is 50.9 Å². The molecule has 2 fully saturated rings. The normalized spacial score (nSPS) is 19.5. The van der Waals surface area contributed by atoms with E-state index in [4.69, 9.17) is 4.98 Å². The molecule has 2 aliphatic heterocycles. The van der Waals surface area contributed by atoms with Gasteiger partial charge in [-0.05, 0) is 44.5 Å². The highest BCUT2D eigenvalue weighted by Crippen LogP contribution is 2.39.